The summed E-state index contributed by atoms with van der Waals surface area (Å²) >= 11 is 0. The van der Waals surface area contributed by atoms with Crippen molar-refractivity contribution in [1.82, 2.24) is 5.43 Å². The lowest BCUT2D eigenvalue weighted by Crippen LogP contribution is -2.33. The van der Waals surface area contributed by atoms with Crippen molar-refractivity contribution in [1.29, 1.82) is 0 Å². The quantitative estimate of drug-likeness (QED) is 0.615. The summed E-state index contributed by atoms with van der Waals surface area (Å²) in [5, 5.41) is 13.4. The minimum absolute atomic E-state index is 0.269. The molecule has 0 radical (unpaired) electrons. The molecule has 0 saturated heterocycles. The van der Waals surface area contributed by atoms with Gasteiger partial charge in [0.2, 0.25) is 0 Å². The third-order valence-corrected chi connectivity index (χ3v) is 3.01. The molecular weight excluding hydrogens is 152 g/mol. The summed E-state index contributed by atoms with van der Waals surface area (Å²) in [4.78, 5) is 0. The van der Waals surface area contributed by atoms with Gasteiger partial charge in [-0.15, -0.1) is 0 Å². The van der Waals surface area contributed by atoms with E-state index in [1.165, 1.54) is 32.1 Å². The zero-order valence-corrected chi connectivity index (χ0v) is 7.24. The van der Waals surface area contributed by atoms with Crippen molar-refractivity contribution in [3.63, 3.8) is 0 Å². The molecule has 2 atom stereocenters. The molecule has 1 aliphatic carbocycles. The first-order valence-electron chi connectivity index (χ1n) is 4.85. The number of rotatable bonds is 1. The van der Waals surface area contributed by atoms with Gasteiger partial charge in [0.05, 0.1) is 0 Å². The van der Waals surface area contributed by atoms with Crippen LogP contribution in [0, 0.1) is 11.8 Å². The molecule has 1 heterocycles. The largest absolute Gasteiger partial charge is 0.372 e. The second-order valence-corrected chi connectivity index (χ2v) is 3.83. The molecule has 1 saturated carbocycles. The van der Waals surface area contributed by atoms with Gasteiger partial charge in [-0.3, -0.25) is 5.43 Å². The molecule has 0 aromatic carbocycles. The molecule has 1 aliphatic heterocycles. The highest BCUT2D eigenvalue weighted by atomic mass is 16.3. The molecule has 0 spiro atoms. The van der Waals surface area contributed by atoms with Gasteiger partial charge in [0, 0.05) is 12.1 Å². The average molecular weight is 168 g/mol. The predicted octanol–water partition coefficient (Wildman–Crippen LogP) is 1.09. The van der Waals surface area contributed by atoms with E-state index in [9.17, 15) is 5.11 Å². The number of hydrogen-bond acceptors (Lipinski definition) is 3. The number of nitrogens with zero attached hydrogens (tertiary/aromatic N) is 1. The summed E-state index contributed by atoms with van der Waals surface area (Å²) in [5.74, 6) is 0.929. The van der Waals surface area contributed by atoms with E-state index in [2.05, 4.69) is 10.5 Å². The molecular formula is C9H16N2O. The van der Waals surface area contributed by atoms with Crippen LogP contribution in [0.2, 0.25) is 0 Å². The van der Waals surface area contributed by atoms with Crippen molar-refractivity contribution < 1.29 is 5.11 Å². The van der Waals surface area contributed by atoms with Crippen LogP contribution in [0.4, 0.5) is 0 Å². The Morgan fingerprint density at radius 3 is 2.58 bits per heavy atom. The minimum Gasteiger partial charge on any atom is -0.372 e. The topological polar surface area (TPSA) is 44.6 Å². The maximum absolute atomic E-state index is 9.51. The van der Waals surface area contributed by atoms with Crippen LogP contribution in [-0.4, -0.2) is 17.5 Å². The number of hydrazone groups is 1. The van der Waals surface area contributed by atoms with Gasteiger partial charge in [0.25, 0.3) is 0 Å². The lowest BCUT2D eigenvalue weighted by Gasteiger charge is -2.27. The molecule has 0 aromatic rings. The summed E-state index contributed by atoms with van der Waals surface area (Å²) in [7, 11) is 0. The van der Waals surface area contributed by atoms with E-state index >= 15 is 0 Å². The number of aliphatic hydroxyl groups excluding tert-OH is 1. The fraction of sp³-hybridized carbons (Fsp3) is 0.889. The van der Waals surface area contributed by atoms with Gasteiger partial charge in [0.15, 0.2) is 0 Å². The van der Waals surface area contributed by atoms with E-state index in [-0.39, 0.29) is 5.92 Å². The zero-order valence-electron chi connectivity index (χ0n) is 7.24. The Bertz CT molecular complexity index is 175. The molecule has 68 valence electrons. The smallest absolute Gasteiger partial charge is 0.147 e. The van der Waals surface area contributed by atoms with Crippen molar-refractivity contribution in [3.8, 4) is 0 Å². The average Bonchev–Trinajstić information content (AvgIpc) is 2.53. The fourth-order valence-corrected chi connectivity index (χ4v) is 2.27. The van der Waals surface area contributed by atoms with Crippen LogP contribution in [0.25, 0.3) is 0 Å². The first-order chi connectivity index (χ1) is 5.88. The highest BCUT2D eigenvalue weighted by Crippen LogP contribution is 2.31. The van der Waals surface area contributed by atoms with E-state index in [0.29, 0.717) is 5.92 Å². The standard InChI is InChI=1S/C9H16N2O/c12-9-8(6-10-11-9)7-4-2-1-3-5-7/h6-9,11-12H,1-5H2. The van der Waals surface area contributed by atoms with E-state index in [1.807, 2.05) is 6.21 Å². The van der Waals surface area contributed by atoms with E-state index in [1.54, 1.807) is 0 Å². The van der Waals surface area contributed by atoms with Crippen LogP contribution in [0.15, 0.2) is 5.10 Å². The van der Waals surface area contributed by atoms with Gasteiger partial charge < -0.3 is 5.11 Å². The van der Waals surface area contributed by atoms with Crippen LogP contribution in [0.1, 0.15) is 32.1 Å². The van der Waals surface area contributed by atoms with Crippen molar-refractivity contribution in [3.05, 3.63) is 0 Å². The summed E-state index contributed by atoms with van der Waals surface area (Å²) in [6.45, 7) is 0. The Balaban J connectivity index is 1.93. The van der Waals surface area contributed by atoms with E-state index in [0.717, 1.165) is 0 Å². The van der Waals surface area contributed by atoms with Gasteiger partial charge >= 0.3 is 0 Å². The van der Waals surface area contributed by atoms with Crippen LogP contribution in [-0.2, 0) is 0 Å². The Labute approximate surface area is 72.9 Å². The Hall–Kier alpha value is -0.570. The molecule has 0 amide bonds. The molecule has 0 aromatic heterocycles. The van der Waals surface area contributed by atoms with Gasteiger partial charge in [0.1, 0.15) is 6.23 Å². The van der Waals surface area contributed by atoms with E-state index in [4.69, 9.17) is 0 Å². The zero-order chi connectivity index (χ0) is 8.39. The second-order valence-electron chi connectivity index (χ2n) is 3.83. The molecule has 3 nitrogen and oxygen atoms in total. The van der Waals surface area contributed by atoms with Gasteiger partial charge in [-0.25, -0.2) is 0 Å². The number of hydrogen-bond donors (Lipinski definition) is 2. The summed E-state index contributed by atoms with van der Waals surface area (Å²) in [6, 6.07) is 0. The SMILES string of the molecule is OC1NN=CC1C1CCCCC1. The van der Waals surface area contributed by atoms with Crippen molar-refractivity contribution >= 4 is 6.21 Å². The molecule has 0 bridgehead atoms. The third kappa shape index (κ3) is 1.46. The van der Waals surface area contributed by atoms with E-state index < -0.39 is 6.23 Å². The highest BCUT2D eigenvalue weighted by molar-refractivity contribution is 5.63. The number of aliphatic hydroxyl groups is 1. The molecule has 2 aliphatic rings. The van der Waals surface area contributed by atoms with Crippen LogP contribution in [0.5, 0.6) is 0 Å². The first-order valence-corrected chi connectivity index (χ1v) is 4.85. The van der Waals surface area contributed by atoms with Gasteiger partial charge in [-0.2, -0.15) is 5.10 Å². The lowest BCUT2D eigenvalue weighted by atomic mass is 9.80. The van der Waals surface area contributed by atoms with Crippen LogP contribution >= 0.6 is 0 Å². The van der Waals surface area contributed by atoms with Crippen molar-refractivity contribution in [2.45, 2.75) is 38.3 Å². The minimum atomic E-state index is -0.423. The predicted molar refractivity (Wildman–Crippen MR) is 47.7 cm³/mol. The number of nitrogens with one attached hydrogen (secondary N) is 1. The Kier molecular flexibility index (Phi) is 2.30. The molecule has 12 heavy (non-hydrogen) atoms. The second kappa shape index (κ2) is 3.44. The summed E-state index contributed by atoms with van der Waals surface area (Å²) in [5.41, 5.74) is 2.69. The Morgan fingerprint density at radius 2 is 2.00 bits per heavy atom. The summed E-state index contributed by atoms with van der Waals surface area (Å²) in [6.07, 6.45) is 7.98. The third-order valence-electron chi connectivity index (χ3n) is 3.01. The van der Waals surface area contributed by atoms with Gasteiger partial charge in [-0.1, -0.05) is 19.3 Å². The fourth-order valence-electron chi connectivity index (χ4n) is 2.27. The lowest BCUT2D eigenvalue weighted by molar-refractivity contribution is 0.0824. The van der Waals surface area contributed by atoms with Crippen LogP contribution < -0.4 is 5.43 Å². The van der Waals surface area contributed by atoms with Crippen molar-refractivity contribution in [2.75, 3.05) is 0 Å². The summed E-state index contributed by atoms with van der Waals surface area (Å²) < 4.78 is 0. The maximum Gasteiger partial charge on any atom is 0.147 e. The normalized spacial score (nSPS) is 36.8. The molecule has 1 fully saturated rings. The Morgan fingerprint density at radius 1 is 1.25 bits per heavy atom. The monoisotopic (exact) mass is 168 g/mol. The van der Waals surface area contributed by atoms with Crippen LogP contribution in [0.3, 0.4) is 0 Å². The van der Waals surface area contributed by atoms with Gasteiger partial charge in [-0.05, 0) is 18.8 Å². The molecule has 2 N–H and O–H groups in total. The highest BCUT2D eigenvalue weighted by Gasteiger charge is 2.30. The molecule has 2 unspecified atom stereocenters. The first kappa shape index (κ1) is 8.05. The maximum atomic E-state index is 9.51. The molecule has 2 rings (SSSR count). The molecule has 3 heteroatoms. The van der Waals surface area contributed by atoms with Crippen molar-refractivity contribution in [2.24, 2.45) is 16.9 Å².